The summed E-state index contributed by atoms with van der Waals surface area (Å²) in [5.74, 6) is 0. The number of ether oxygens (including phenoxy) is 3. The standard InChI is InChI=1S/C27H39FN2O4/c1-22(33-18-17-32-16-15-29-26(31)34-27(2,3)4)25(28)21-30(19-23-11-7-5-8-12-23)20-24-13-9-6-10-14-24/h5-14,22,25H,15-21H2,1-4H3,(H,29,31). The molecule has 0 saturated carbocycles. The lowest BCUT2D eigenvalue weighted by Gasteiger charge is -2.27. The van der Waals surface area contributed by atoms with E-state index in [0.717, 1.165) is 11.1 Å². The topological polar surface area (TPSA) is 60.0 Å². The van der Waals surface area contributed by atoms with E-state index in [1.54, 1.807) is 6.92 Å². The fourth-order valence-corrected chi connectivity index (χ4v) is 3.30. The minimum atomic E-state index is -1.14. The van der Waals surface area contributed by atoms with Crippen LogP contribution >= 0.6 is 0 Å². The molecular weight excluding hydrogens is 435 g/mol. The summed E-state index contributed by atoms with van der Waals surface area (Å²) >= 11 is 0. The van der Waals surface area contributed by atoms with Crippen LogP contribution in [0.4, 0.5) is 9.18 Å². The lowest BCUT2D eigenvalue weighted by molar-refractivity contribution is -0.0302. The summed E-state index contributed by atoms with van der Waals surface area (Å²) in [6.45, 7) is 10.0. The molecular formula is C27H39FN2O4. The molecule has 0 bridgehead atoms. The van der Waals surface area contributed by atoms with E-state index in [1.165, 1.54) is 0 Å². The first-order valence-electron chi connectivity index (χ1n) is 11.8. The molecule has 0 saturated heterocycles. The van der Waals surface area contributed by atoms with Crippen molar-refractivity contribution in [1.82, 2.24) is 10.2 Å². The van der Waals surface area contributed by atoms with Crippen LogP contribution in [0, 0.1) is 0 Å². The second-order valence-corrected chi connectivity index (χ2v) is 9.27. The first-order valence-corrected chi connectivity index (χ1v) is 11.8. The molecule has 34 heavy (non-hydrogen) atoms. The highest BCUT2D eigenvalue weighted by Crippen LogP contribution is 2.14. The Hall–Kier alpha value is -2.48. The summed E-state index contributed by atoms with van der Waals surface area (Å²) in [7, 11) is 0. The quantitative estimate of drug-likeness (QED) is 0.392. The van der Waals surface area contributed by atoms with Crippen LogP contribution in [-0.2, 0) is 27.3 Å². The van der Waals surface area contributed by atoms with Crippen molar-refractivity contribution in [3.05, 3.63) is 71.8 Å². The number of hydrogen-bond acceptors (Lipinski definition) is 5. The molecule has 0 aliphatic heterocycles. The van der Waals surface area contributed by atoms with Gasteiger partial charge in [-0.2, -0.15) is 0 Å². The van der Waals surface area contributed by atoms with Crippen molar-refractivity contribution in [3.63, 3.8) is 0 Å². The van der Waals surface area contributed by atoms with Gasteiger partial charge >= 0.3 is 6.09 Å². The predicted octanol–water partition coefficient (Wildman–Crippen LogP) is 4.97. The van der Waals surface area contributed by atoms with Gasteiger partial charge in [-0.15, -0.1) is 0 Å². The zero-order valence-corrected chi connectivity index (χ0v) is 20.8. The van der Waals surface area contributed by atoms with Crippen molar-refractivity contribution >= 4 is 6.09 Å². The lowest BCUT2D eigenvalue weighted by atomic mass is 10.1. The van der Waals surface area contributed by atoms with Crippen LogP contribution in [0.5, 0.6) is 0 Å². The molecule has 2 rings (SSSR count). The molecule has 1 amide bonds. The Balaban J connectivity index is 1.70. The summed E-state index contributed by atoms with van der Waals surface area (Å²) in [5.41, 5.74) is 1.76. The second kappa shape index (κ2) is 14.7. The monoisotopic (exact) mass is 474 g/mol. The van der Waals surface area contributed by atoms with Crippen molar-refractivity contribution < 1.29 is 23.4 Å². The minimum Gasteiger partial charge on any atom is -0.444 e. The zero-order chi connectivity index (χ0) is 24.8. The number of hydrogen-bond donors (Lipinski definition) is 1. The number of benzene rings is 2. The van der Waals surface area contributed by atoms with E-state index in [1.807, 2.05) is 57.2 Å². The fraction of sp³-hybridized carbons (Fsp3) is 0.519. The van der Waals surface area contributed by atoms with Gasteiger partial charge in [0.15, 0.2) is 0 Å². The number of amides is 1. The summed E-state index contributed by atoms with van der Waals surface area (Å²) in [6, 6.07) is 20.2. The average Bonchev–Trinajstić information content (AvgIpc) is 2.78. The average molecular weight is 475 g/mol. The number of halogens is 1. The van der Waals surface area contributed by atoms with Crippen molar-refractivity contribution in [3.8, 4) is 0 Å². The molecule has 2 unspecified atom stereocenters. The number of rotatable bonds is 14. The highest BCUT2D eigenvalue weighted by molar-refractivity contribution is 5.67. The molecule has 188 valence electrons. The summed E-state index contributed by atoms with van der Waals surface area (Å²) in [4.78, 5) is 13.7. The molecule has 2 atom stereocenters. The Bertz CT molecular complexity index is 773. The third kappa shape index (κ3) is 12.1. The van der Waals surface area contributed by atoms with E-state index in [9.17, 15) is 4.79 Å². The largest absolute Gasteiger partial charge is 0.444 e. The maximum Gasteiger partial charge on any atom is 0.407 e. The Kier molecular flexibility index (Phi) is 12.0. The van der Waals surface area contributed by atoms with Gasteiger partial charge in [-0.25, -0.2) is 9.18 Å². The van der Waals surface area contributed by atoms with Crippen LogP contribution in [0.1, 0.15) is 38.8 Å². The maximum atomic E-state index is 15.0. The van der Waals surface area contributed by atoms with Gasteiger partial charge in [0.05, 0.1) is 25.9 Å². The van der Waals surface area contributed by atoms with Crippen LogP contribution in [0.3, 0.4) is 0 Å². The third-order valence-corrected chi connectivity index (χ3v) is 4.96. The fourth-order valence-electron chi connectivity index (χ4n) is 3.30. The Morgan fingerprint density at radius 3 is 2.03 bits per heavy atom. The van der Waals surface area contributed by atoms with Crippen LogP contribution in [0.2, 0.25) is 0 Å². The molecule has 0 spiro atoms. The molecule has 0 radical (unpaired) electrons. The molecule has 0 aromatic heterocycles. The smallest absolute Gasteiger partial charge is 0.407 e. The third-order valence-electron chi connectivity index (χ3n) is 4.96. The lowest BCUT2D eigenvalue weighted by Crippen LogP contribution is -2.36. The molecule has 6 nitrogen and oxygen atoms in total. The number of carbonyl (C=O) groups excluding carboxylic acids is 1. The number of alkyl carbamates (subject to hydrolysis) is 1. The van der Waals surface area contributed by atoms with Gasteiger partial charge in [0.2, 0.25) is 0 Å². The van der Waals surface area contributed by atoms with Crippen LogP contribution in [0.25, 0.3) is 0 Å². The highest BCUT2D eigenvalue weighted by Gasteiger charge is 2.21. The molecule has 7 heteroatoms. The van der Waals surface area contributed by atoms with Crippen LogP contribution < -0.4 is 5.32 Å². The van der Waals surface area contributed by atoms with E-state index in [2.05, 4.69) is 34.5 Å². The van der Waals surface area contributed by atoms with Crippen molar-refractivity contribution in [2.75, 3.05) is 32.9 Å². The van der Waals surface area contributed by atoms with E-state index in [0.29, 0.717) is 32.8 Å². The zero-order valence-electron chi connectivity index (χ0n) is 20.8. The van der Waals surface area contributed by atoms with Gasteiger partial charge in [-0.05, 0) is 38.8 Å². The normalized spacial score (nSPS) is 13.5. The maximum absolute atomic E-state index is 15.0. The number of nitrogens with one attached hydrogen (secondary N) is 1. The molecule has 0 aliphatic rings. The van der Waals surface area contributed by atoms with Crippen molar-refractivity contribution in [2.45, 2.75) is 58.7 Å². The van der Waals surface area contributed by atoms with E-state index in [4.69, 9.17) is 14.2 Å². The van der Waals surface area contributed by atoms with Gasteiger partial charge in [-0.1, -0.05) is 60.7 Å². The molecule has 2 aromatic rings. The molecule has 0 heterocycles. The Morgan fingerprint density at radius 1 is 0.941 bits per heavy atom. The second-order valence-electron chi connectivity index (χ2n) is 9.27. The van der Waals surface area contributed by atoms with Gasteiger partial charge in [0.25, 0.3) is 0 Å². The van der Waals surface area contributed by atoms with Gasteiger partial charge in [0, 0.05) is 26.2 Å². The highest BCUT2D eigenvalue weighted by atomic mass is 19.1. The molecule has 2 aromatic carbocycles. The first-order chi connectivity index (χ1) is 16.2. The Morgan fingerprint density at radius 2 is 1.50 bits per heavy atom. The Labute approximate surface area is 203 Å². The SMILES string of the molecule is CC(OCCOCCNC(=O)OC(C)(C)C)C(F)CN(Cc1ccccc1)Cc1ccccc1. The van der Waals surface area contributed by atoms with E-state index in [-0.39, 0.29) is 13.2 Å². The van der Waals surface area contributed by atoms with Crippen LogP contribution in [-0.4, -0.2) is 61.8 Å². The number of nitrogens with zero attached hydrogens (tertiary/aromatic N) is 1. The van der Waals surface area contributed by atoms with Crippen molar-refractivity contribution in [2.24, 2.45) is 0 Å². The van der Waals surface area contributed by atoms with Gasteiger partial charge < -0.3 is 19.5 Å². The molecule has 0 fully saturated rings. The van der Waals surface area contributed by atoms with E-state index >= 15 is 4.39 Å². The first kappa shape index (κ1) is 27.8. The van der Waals surface area contributed by atoms with Crippen LogP contribution in [0.15, 0.2) is 60.7 Å². The number of carbonyl (C=O) groups is 1. The summed E-state index contributed by atoms with van der Waals surface area (Å²) in [5, 5.41) is 2.63. The number of alkyl halides is 1. The van der Waals surface area contributed by atoms with Gasteiger partial charge in [-0.3, -0.25) is 4.90 Å². The van der Waals surface area contributed by atoms with E-state index < -0.39 is 24.0 Å². The summed E-state index contributed by atoms with van der Waals surface area (Å²) < 4.78 is 31.3. The minimum absolute atomic E-state index is 0.269. The molecule has 1 N–H and O–H groups in total. The molecule has 0 aliphatic carbocycles. The van der Waals surface area contributed by atoms with Crippen molar-refractivity contribution in [1.29, 1.82) is 0 Å². The van der Waals surface area contributed by atoms with Gasteiger partial charge in [0.1, 0.15) is 11.8 Å². The summed E-state index contributed by atoms with van der Waals surface area (Å²) in [6.07, 6.45) is -2.17. The predicted molar refractivity (Wildman–Crippen MR) is 132 cm³/mol.